The first-order valence-electron chi connectivity index (χ1n) is 8.65. The fourth-order valence-electron chi connectivity index (χ4n) is 2.97. The molecule has 2 aromatic carbocycles. The summed E-state index contributed by atoms with van der Waals surface area (Å²) in [5.74, 6) is -0.258. The predicted molar refractivity (Wildman–Crippen MR) is 109 cm³/mol. The lowest BCUT2D eigenvalue weighted by Gasteiger charge is -2.23. The smallest absolute Gasteiger partial charge is 0.261 e. The van der Waals surface area contributed by atoms with Crippen molar-refractivity contribution >= 4 is 34.0 Å². The molecule has 1 fully saturated rings. The van der Waals surface area contributed by atoms with Gasteiger partial charge in [-0.3, -0.25) is 9.52 Å². The Balaban J connectivity index is 0.00000261. The van der Waals surface area contributed by atoms with E-state index in [1.807, 2.05) is 13.0 Å². The average Bonchev–Trinajstić information content (AvgIpc) is 2.62. The molecule has 0 spiro atoms. The second-order valence-corrected chi connectivity index (χ2v) is 8.20. The molecule has 1 aliphatic heterocycles. The minimum absolute atomic E-state index is 0. The van der Waals surface area contributed by atoms with Gasteiger partial charge in [0.1, 0.15) is 0 Å². The Morgan fingerprint density at radius 3 is 2.63 bits per heavy atom. The van der Waals surface area contributed by atoms with Crippen LogP contribution in [0.4, 0.5) is 5.69 Å². The maximum absolute atomic E-state index is 12.6. The van der Waals surface area contributed by atoms with Gasteiger partial charge in [-0.2, -0.15) is 0 Å². The molecule has 3 N–H and O–H groups in total. The number of hydrogen-bond acceptors (Lipinski definition) is 4. The number of benzene rings is 2. The highest BCUT2D eigenvalue weighted by Crippen LogP contribution is 2.18. The predicted octanol–water partition coefficient (Wildman–Crippen LogP) is 2.70. The lowest BCUT2D eigenvalue weighted by atomic mass is 10.1. The minimum atomic E-state index is -3.76. The van der Waals surface area contributed by atoms with Crippen LogP contribution in [0.3, 0.4) is 0 Å². The van der Waals surface area contributed by atoms with Crippen LogP contribution in [0.2, 0.25) is 0 Å². The third-order valence-corrected chi connectivity index (χ3v) is 5.69. The maximum atomic E-state index is 12.6. The van der Waals surface area contributed by atoms with Gasteiger partial charge in [-0.25, -0.2) is 8.42 Å². The number of aryl methyl sites for hydroxylation is 1. The number of carbonyl (C=O) groups is 1. The number of halogens is 1. The van der Waals surface area contributed by atoms with Crippen LogP contribution >= 0.6 is 12.4 Å². The number of hydrogen-bond donors (Lipinski definition) is 3. The van der Waals surface area contributed by atoms with Crippen LogP contribution in [-0.2, 0) is 10.0 Å². The van der Waals surface area contributed by atoms with E-state index in [1.54, 1.807) is 30.3 Å². The first kappa shape index (κ1) is 21.2. The van der Waals surface area contributed by atoms with Gasteiger partial charge in [-0.15, -0.1) is 12.4 Å². The van der Waals surface area contributed by atoms with Crippen molar-refractivity contribution in [2.45, 2.75) is 30.7 Å². The number of amides is 1. The van der Waals surface area contributed by atoms with E-state index in [4.69, 9.17) is 0 Å². The molecule has 1 aliphatic rings. The Morgan fingerprint density at radius 2 is 1.93 bits per heavy atom. The SMILES string of the molecule is Cc1cccc(NS(=O)(=O)c2cccc(C(=O)NC3CCCNC3)c2)c1.Cl. The highest BCUT2D eigenvalue weighted by atomic mass is 35.5. The number of sulfonamides is 1. The van der Waals surface area contributed by atoms with Crippen molar-refractivity contribution in [3.05, 3.63) is 59.7 Å². The molecule has 2 aromatic rings. The molecule has 1 heterocycles. The second kappa shape index (κ2) is 9.21. The molecule has 1 amide bonds. The van der Waals surface area contributed by atoms with Crippen molar-refractivity contribution in [1.29, 1.82) is 0 Å². The standard InChI is InChI=1S/C19H23N3O3S.ClH/c1-14-5-2-7-16(11-14)22-26(24,25)18-9-3-6-15(12-18)19(23)21-17-8-4-10-20-13-17;/h2-3,5-7,9,11-12,17,20,22H,4,8,10,13H2,1H3,(H,21,23);1H. The van der Waals surface area contributed by atoms with Gasteiger partial charge < -0.3 is 10.6 Å². The number of anilines is 1. The topological polar surface area (TPSA) is 87.3 Å². The van der Waals surface area contributed by atoms with E-state index in [0.29, 0.717) is 11.3 Å². The monoisotopic (exact) mass is 409 g/mol. The van der Waals surface area contributed by atoms with E-state index in [9.17, 15) is 13.2 Å². The summed E-state index contributed by atoms with van der Waals surface area (Å²) in [6, 6.07) is 13.3. The van der Waals surface area contributed by atoms with Crippen LogP contribution in [0, 0.1) is 6.92 Å². The van der Waals surface area contributed by atoms with Crippen LogP contribution in [-0.4, -0.2) is 33.5 Å². The second-order valence-electron chi connectivity index (χ2n) is 6.52. The number of carbonyl (C=O) groups excluding carboxylic acids is 1. The van der Waals surface area contributed by atoms with Gasteiger partial charge in [0, 0.05) is 23.8 Å². The van der Waals surface area contributed by atoms with E-state index in [0.717, 1.165) is 31.5 Å². The molecule has 1 unspecified atom stereocenters. The molecule has 3 rings (SSSR count). The molecule has 6 nitrogen and oxygen atoms in total. The van der Waals surface area contributed by atoms with Crippen molar-refractivity contribution in [2.24, 2.45) is 0 Å². The van der Waals surface area contributed by atoms with E-state index in [-0.39, 0.29) is 29.3 Å². The summed E-state index contributed by atoms with van der Waals surface area (Å²) in [7, 11) is -3.76. The van der Waals surface area contributed by atoms with E-state index < -0.39 is 10.0 Å². The summed E-state index contributed by atoms with van der Waals surface area (Å²) in [5, 5.41) is 6.19. The van der Waals surface area contributed by atoms with E-state index in [1.165, 1.54) is 12.1 Å². The molecule has 0 radical (unpaired) electrons. The van der Waals surface area contributed by atoms with Gasteiger partial charge in [0.2, 0.25) is 0 Å². The highest BCUT2D eigenvalue weighted by Gasteiger charge is 2.19. The third-order valence-electron chi connectivity index (χ3n) is 4.31. The van der Waals surface area contributed by atoms with Crippen molar-refractivity contribution in [1.82, 2.24) is 10.6 Å². The molecular formula is C19H24ClN3O3S. The van der Waals surface area contributed by atoms with Crippen molar-refractivity contribution in [3.8, 4) is 0 Å². The lowest BCUT2D eigenvalue weighted by molar-refractivity contribution is 0.0930. The van der Waals surface area contributed by atoms with Crippen molar-refractivity contribution < 1.29 is 13.2 Å². The van der Waals surface area contributed by atoms with Crippen LogP contribution in [0.1, 0.15) is 28.8 Å². The van der Waals surface area contributed by atoms with Gasteiger partial charge in [0.25, 0.3) is 15.9 Å². The van der Waals surface area contributed by atoms with Crippen molar-refractivity contribution in [2.75, 3.05) is 17.8 Å². The van der Waals surface area contributed by atoms with Crippen LogP contribution in [0.15, 0.2) is 53.4 Å². The molecule has 0 aliphatic carbocycles. The molecule has 0 saturated carbocycles. The Bertz CT molecular complexity index is 897. The summed E-state index contributed by atoms with van der Waals surface area (Å²) >= 11 is 0. The zero-order chi connectivity index (χ0) is 18.6. The molecular weight excluding hydrogens is 386 g/mol. The molecule has 1 saturated heterocycles. The summed E-state index contributed by atoms with van der Waals surface area (Å²) in [5.41, 5.74) is 1.79. The molecule has 27 heavy (non-hydrogen) atoms. The van der Waals surface area contributed by atoms with Crippen LogP contribution in [0.25, 0.3) is 0 Å². The number of rotatable bonds is 5. The van der Waals surface area contributed by atoms with E-state index >= 15 is 0 Å². The van der Waals surface area contributed by atoms with Gasteiger partial charge >= 0.3 is 0 Å². The molecule has 0 aromatic heterocycles. The molecule has 0 bridgehead atoms. The largest absolute Gasteiger partial charge is 0.348 e. The summed E-state index contributed by atoms with van der Waals surface area (Å²) in [6.45, 7) is 3.59. The Kier molecular flexibility index (Phi) is 7.24. The van der Waals surface area contributed by atoms with Gasteiger partial charge in [0.05, 0.1) is 4.90 Å². The van der Waals surface area contributed by atoms with Gasteiger partial charge in [0.15, 0.2) is 0 Å². The Morgan fingerprint density at radius 1 is 1.15 bits per heavy atom. The maximum Gasteiger partial charge on any atom is 0.261 e. The zero-order valence-corrected chi connectivity index (χ0v) is 16.7. The fraction of sp³-hybridized carbons (Fsp3) is 0.316. The van der Waals surface area contributed by atoms with Crippen LogP contribution in [0.5, 0.6) is 0 Å². The number of piperidine rings is 1. The summed E-state index contributed by atoms with van der Waals surface area (Å²) in [4.78, 5) is 12.5. The quantitative estimate of drug-likeness (QED) is 0.708. The summed E-state index contributed by atoms with van der Waals surface area (Å²) in [6.07, 6.45) is 1.94. The normalized spacial score (nSPS) is 16.9. The zero-order valence-electron chi connectivity index (χ0n) is 15.1. The van der Waals surface area contributed by atoms with Crippen molar-refractivity contribution in [3.63, 3.8) is 0 Å². The minimum Gasteiger partial charge on any atom is -0.348 e. The van der Waals surface area contributed by atoms with Crippen LogP contribution < -0.4 is 15.4 Å². The Hall–Kier alpha value is -2.09. The highest BCUT2D eigenvalue weighted by molar-refractivity contribution is 7.92. The number of nitrogens with one attached hydrogen (secondary N) is 3. The van der Waals surface area contributed by atoms with Gasteiger partial charge in [-0.1, -0.05) is 18.2 Å². The third kappa shape index (κ3) is 5.69. The molecule has 146 valence electrons. The first-order valence-corrected chi connectivity index (χ1v) is 10.1. The van der Waals surface area contributed by atoms with Gasteiger partial charge in [-0.05, 0) is 62.2 Å². The lowest BCUT2D eigenvalue weighted by Crippen LogP contribution is -2.45. The average molecular weight is 410 g/mol. The molecule has 8 heteroatoms. The van der Waals surface area contributed by atoms with E-state index in [2.05, 4.69) is 15.4 Å². The summed E-state index contributed by atoms with van der Waals surface area (Å²) < 4.78 is 27.8. The Labute approximate surface area is 166 Å². The fourth-order valence-corrected chi connectivity index (χ4v) is 4.07. The first-order chi connectivity index (χ1) is 12.4. The molecule has 1 atom stereocenters.